The molecular weight excluding hydrogens is 530 g/mol. The molecule has 2 aromatic carbocycles. The predicted octanol–water partition coefficient (Wildman–Crippen LogP) is 1.75. The number of fused-ring (bicyclic) bond motifs is 1. The van der Waals surface area contributed by atoms with Crippen molar-refractivity contribution in [3.05, 3.63) is 53.6 Å². The van der Waals surface area contributed by atoms with Gasteiger partial charge in [0.05, 0.1) is 45.2 Å². The molecule has 0 radical (unpaired) electrons. The average Bonchev–Trinajstić information content (AvgIpc) is 3.30. The van der Waals surface area contributed by atoms with E-state index in [1.165, 1.54) is 4.90 Å². The van der Waals surface area contributed by atoms with Crippen molar-refractivity contribution in [2.24, 2.45) is 0 Å². The third kappa shape index (κ3) is 8.22. The summed E-state index contributed by atoms with van der Waals surface area (Å²) in [5.74, 6) is 1.08. The van der Waals surface area contributed by atoms with Gasteiger partial charge in [0, 0.05) is 18.7 Å². The fraction of sp³-hybridized carbons (Fsp3) is 0.400. The number of amides is 4. The van der Waals surface area contributed by atoms with Gasteiger partial charge in [0.25, 0.3) is 5.91 Å². The van der Waals surface area contributed by atoms with Gasteiger partial charge >= 0.3 is 0 Å². The van der Waals surface area contributed by atoms with Gasteiger partial charge in [0.15, 0.2) is 0 Å². The Hall–Kier alpha value is -4.08. The number of rotatable bonds is 15. The number of hydrogen-bond acceptors (Lipinski definition) is 8. The number of anilines is 1. The molecule has 0 spiro atoms. The lowest BCUT2D eigenvalue weighted by molar-refractivity contribution is -0.137. The summed E-state index contributed by atoms with van der Waals surface area (Å²) < 4.78 is 21.2. The Morgan fingerprint density at radius 3 is 2.32 bits per heavy atom. The molecule has 11 nitrogen and oxygen atoms in total. The van der Waals surface area contributed by atoms with Crippen LogP contribution in [0.2, 0.25) is 0 Å². The van der Waals surface area contributed by atoms with Crippen molar-refractivity contribution in [1.82, 2.24) is 10.2 Å². The Kier molecular flexibility index (Phi) is 11.0. The molecule has 2 aromatic rings. The van der Waals surface area contributed by atoms with Crippen molar-refractivity contribution >= 4 is 29.3 Å². The fourth-order valence-electron chi connectivity index (χ4n) is 4.64. The molecule has 1 fully saturated rings. The molecule has 0 aromatic heterocycles. The second-order valence-electron chi connectivity index (χ2n) is 9.40. The highest BCUT2D eigenvalue weighted by atomic mass is 16.6. The van der Waals surface area contributed by atoms with Gasteiger partial charge in [-0.05, 0) is 35.2 Å². The second-order valence-corrected chi connectivity index (χ2v) is 9.40. The predicted molar refractivity (Wildman–Crippen MR) is 149 cm³/mol. The molecular formula is C30H33N3O8. The van der Waals surface area contributed by atoms with E-state index in [1.54, 1.807) is 12.1 Å². The molecule has 2 aliphatic rings. The standard InChI is InChI=1S/C30H33N3O8/c1-2-12-38-13-14-39-15-16-40-17-18-41-20-27(35)31-23-8-6-21(7-9-23)24-5-3-4-22-19-33(30(37)28(22)24)25-10-11-26(34)32-29(25)36/h1,3-9,25H,10-20H2,(H,31,35)(H,32,34,36). The van der Waals surface area contributed by atoms with Crippen LogP contribution in [0, 0.1) is 12.3 Å². The van der Waals surface area contributed by atoms with Gasteiger partial charge in [0.2, 0.25) is 17.7 Å². The number of piperidine rings is 1. The minimum atomic E-state index is -0.670. The summed E-state index contributed by atoms with van der Waals surface area (Å²) in [5.41, 5.74) is 3.51. The molecule has 0 aliphatic carbocycles. The molecule has 2 N–H and O–H groups in total. The molecule has 0 saturated carbocycles. The van der Waals surface area contributed by atoms with Crippen LogP contribution in [0.15, 0.2) is 42.5 Å². The summed E-state index contributed by atoms with van der Waals surface area (Å²) in [7, 11) is 0. The lowest BCUT2D eigenvalue weighted by atomic mass is 9.96. The van der Waals surface area contributed by atoms with E-state index in [2.05, 4.69) is 16.6 Å². The SMILES string of the molecule is C#CCOCCOCCOCCOCC(=O)Nc1ccc(-c2cccc3c2C(=O)N(C2CCC(=O)NC2=O)C3)cc1. The average molecular weight is 564 g/mol. The van der Waals surface area contributed by atoms with Crippen LogP contribution < -0.4 is 10.6 Å². The first-order valence-electron chi connectivity index (χ1n) is 13.4. The molecule has 11 heteroatoms. The Bertz CT molecular complexity index is 1290. The number of hydrogen-bond donors (Lipinski definition) is 2. The highest BCUT2D eigenvalue weighted by Crippen LogP contribution is 2.35. The van der Waals surface area contributed by atoms with Crippen LogP contribution in [0.5, 0.6) is 0 Å². The molecule has 41 heavy (non-hydrogen) atoms. The van der Waals surface area contributed by atoms with Gasteiger partial charge in [-0.3, -0.25) is 24.5 Å². The topological polar surface area (TPSA) is 132 Å². The van der Waals surface area contributed by atoms with Crippen LogP contribution in [0.4, 0.5) is 5.69 Å². The summed E-state index contributed by atoms with van der Waals surface area (Å²) in [6.45, 7) is 2.76. The largest absolute Gasteiger partial charge is 0.377 e. The van der Waals surface area contributed by atoms with E-state index in [-0.39, 0.29) is 44.0 Å². The third-order valence-electron chi connectivity index (χ3n) is 6.57. The van der Waals surface area contributed by atoms with Crippen LogP contribution in [-0.4, -0.2) is 87.4 Å². The minimum Gasteiger partial charge on any atom is -0.377 e. The highest BCUT2D eigenvalue weighted by molar-refractivity contribution is 6.08. The Morgan fingerprint density at radius 1 is 0.951 bits per heavy atom. The van der Waals surface area contributed by atoms with Gasteiger partial charge in [-0.2, -0.15) is 0 Å². The quantitative estimate of drug-likeness (QED) is 0.190. The Balaban J connectivity index is 1.20. The number of nitrogens with one attached hydrogen (secondary N) is 2. The number of carbonyl (C=O) groups excluding carboxylic acids is 4. The van der Waals surface area contributed by atoms with E-state index in [9.17, 15) is 19.2 Å². The molecule has 216 valence electrons. The van der Waals surface area contributed by atoms with E-state index in [4.69, 9.17) is 25.4 Å². The van der Waals surface area contributed by atoms with Gasteiger partial charge in [-0.25, -0.2) is 0 Å². The smallest absolute Gasteiger partial charge is 0.255 e. The molecule has 1 saturated heterocycles. The zero-order valence-corrected chi connectivity index (χ0v) is 22.7. The number of nitrogens with zero attached hydrogens (tertiary/aromatic N) is 1. The molecule has 4 amide bonds. The normalized spacial score (nSPS) is 16.3. The van der Waals surface area contributed by atoms with Crippen LogP contribution in [0.25, 0.3) is 11.1 Å². The van der Waals surface area contributed by atoms with Crippen molar-refractivity contribution in [2.75, 3.05) is 58.2 Å². The summed E-state index contributed by atoms with van der Waals surface area (Å²) in [4.78, 5) is 51.0. The first-order valence-corrected chi connectivity index (χ1v) is 13.4. The monoisotopic (exact) mass is 563 g/mol. The zero-order chi connectivity index (χ0) is 29.0. The molecule has 2 aliphatic heterocycles. The summed E-state index contributed by atoms with van der Waals surface area (Å²) in [5, 5.41) is 5.11. The number of carbonyl (C=O) groups is 4. The van der Waals surface area contributed by atoms with Gasteiger partial charge in [-0.1, -0.05) is 36.3 Å². The van der Waals surface area contributed by atoms with E-state index < -0.39 is 11.9 Å². The molecule has 2 heterocycles. The van der Waals surface area contributed by atoms with E-state index in [0.717, 1.165) is 16.7 Å². The maximum absolute atomic E-state index is 13.4. The number of ether oxygens (including phenoxy) is 4. The highest BCUT2D eigenvalue weighted by Gasteiger charge is 2.40. The molecule has 4 rings (SSSR count). The summed E-state index contributed by atoms with van der Waals surface area (Å²) >= 11 is 0. The van der Waals surface area contributed by atoms with Gasteiger partial charge < -0.3 is 29.2 Å². The molecule has 0 bridgehead atoms. The van der Waals surface area contributed by atoms with Crippen molar-refractivity contribution in [1.29, 1.82) is 0 Å². The van der Waals surface area contributed by atoms with Gasteiger partial charge in [-0.15, -0.1) is 6.42 Å². The first-order chi connectivity index (χ1) is 20.0. The van der Waals surface area contributed by atoms with Crippen molar-refractivity contribution in [2.45, 2.75) is 25.4 Å². The van der Waals surface area contributed by atoms with Crippen LogP contribution in [-0.2, 0) is 39.9 Å². The maximum Gasteiger partial charge on any atom is 0.255 e. The molecule has 1 unspecified atom stereocenters. The number of imide groups is 1. The molecule has 1 atom stereocenters. The number of benzene rings is 2. The third-order valence-corrected chi connectivity index (χ3v) is 6.57. The van der Waals surface area contributed by atoms with E-state index in [1.807, 2.05) is 30.3 Å². The van der Waals surface area contributed by atoms with Crippen molar-refractivity contribution in [3.63, 3.8) is 0 Å². The Labute approximate surface area is 238 Å². The van der Waals surface area contributed by atoms with Crippen LogP contribution in [0.1, 0.15) is 28.8 Å². The zero-order valence-electron chi connectivity index (χ0n) is 22.7. The lowest BCUT2D eigenvalue weighted by Gasteiger charge is -2.29. The lowest BCUT2D eigenvalue weighted by Crippen LogP contribution is -2.52. The van der Waals surface area contributed by atoms with E-state index in [0.29, 0.717) is 57.3 Å². The van der Waals surface area contributed by atoms with Crippen LogP contribution in [0.3, 0.4) is 0 Å². The number of terminal acetylenes is 1. The maximum atomic E-state index is 13.4. The Morgan fingerprint density at radius 2 is 1.63 bits per heavy atom. The van der Waals surface area contributed by atoms with Crippen molar-refractivity contribution in [3.8, 4) is 23.5 Å². The summed E-state index contributed by atoms with van der Waals surface area (Å²) in [6.07, 6.45) is 5.59. The summed E-state index contributed by atoms with van der Waals surface area (Å²) in [6, 6.07) is 12.1. The van der Waals surface area contributed by atoms with Crippen LogP contribution >= 0.6 is 0 Å². The second kappa shape index (κ2) is 15.1. The minimum absolute atomic E-state index is 0.120. The van der Waals surface area contributed by atoms with E-state index >= 15 is 0 Å². The van der Waals surface area contributed by atoms with Crippen molar-refractivity contribution < 1.29 is 38.1 Å². The first kappa shape index (κ1) is 29.9. The van der Waals surface area contributed by atoms with Gasteiger partial charge in [0.1, 0.15) is 19.3 Å². The fourth-order valence-corrected chi connectivity index (χ4v) is 4.64.